The van der Waals surface area contributed by atoms with E-state index in [9.17, 15) is 9.18 Å². The Balaban J connectivity index is 1.70. The van der Waals surface area contributed by atoms with E-state index in [1.54, 1.807) is 6.92 Å². The molecule has 23 heavy (non-hydrogen) atoms. The van der Waals surface area contributed by atoms with Crippen molar-refractivity contribution < 1.29 is 9.18 Å². The van der Waals surface area contributed by atoms with Gasteiger partial charge in [-0.2, -0.15) is 9.49 Å². The van der Waals surface area contributed by atoms with E-state index < -0.39 is 11.9 Å². The lowest BCUT2D eigenvalue weighted by molar-refractivity contribution is 0.102. The van der Waals surface area contributed by atoms with E-state index in [0.717, 1.165) is 10.4 Å². The van der Waals surface area contributed by atoms with E-state index in [1.165, 1.54) is 31.0 Å². The predicted octanol–water partition coefficient (Wildman–Crippen LogP) is 3.73. The number of benzene rings is 1. The number of amides is 1. The van der Waals surface area contributed by atoms with Gasteiger partial charge in [-0.15, -0.1) is 0 Å². The molecular weight excluding hydrogens is 293 g/mol. The molecule has 1 aromatic heterocycles. The third-order valence-corrected chi connectivity index (χ3v) is 5.60. The highest BCUT2D eigenvalue weighted by Gasteiger charge is 2.44. The Morgan fingerprint density at radius 1 is 1.35 bits per heavy atom. The summed E-state index contributed by atoms with van der Waals surface area (Å²) in [6.45, 7) is 3.94. The maximum atomic E-state index is 14.1. The molecule has 0 spiro atoms. The van der Waals surface area contributed by atoms with E-state index >= 15 is 0 Å². The molecule has 2 bridgehead atoms. The van der Waals surface area contributed by atoms with Crippen molar-refractivity contribution in [2.45, 2.75) is 38.5 Å². The molecule has 4 rings (SSSR count). The quantitative estimate of drug-likeness (QED) is 0.918. The summed E-state index contributed by atoms with van der Waals surface area (Å²) in [5, 5.41) is 6.90. The van der Waals surface area contributed by atoms with Gasteiger partial charge in [0, 0.05) is 12.7 Å². The average Bonchev–Trinajstić information content (AvgIpc) is 3.09. The van der Waals surface area contributed by atoms with Crippen molar-refractivity contribution in [1.29, 1.82) is 0 Å². The van der Waals surface area contributed by atoms with E-state index in [-0.39, 0.29) is 5.56 Å². The minimum absolute atomic E-state index is 0.0290. The zero-order valence-electron chi connectivity index (χ0n) is 13.6. The molecule has 0 saturated heterocycles. The van der Waals surface area contributed by atoms with Crippen LogP contribution in [0.3, 0.4) is 0 Å². The second-order valence-corrected chi connectivity index (χ2v) is 6.79. The van der Waals surface area contributed by atoms with Crippen molar-refractivity contribution in [1.82, 2.24) is 9.78 Å². The summed E-state index contributed by atoms with van der Waals surface area (Å²) in [5.41, 5.74) is 3.88. The third kappa shape index (κ3) is 1.95. The summed E-state index contributed by atoms with van der Waals surface area (Å²) >= 11 is 0. The molecule has 0 radical (unpaired) electrons. The van der Waals surface area contributed by atoms with Crippen LogP contribution >= 0.6 is 0 Å². The molecule has 1 N–H and O–H groups in total. The van der Waals surface area contributed by atoms with Gasteiger partial charge in [0.15, 0.2) is 0 Å². The van der Waals surface area contributed by atoms with Gasteiger partial charge >= 0.3 is 0 Å². The van der Waals surface area contributed by atoms with Gasteiger partial charge in [0.25, 0.3) is 5.91 Å². The largest absolute Gasteiger partial charge is 0.322 e. The number of hydrogen-bond acceptors (Lipinski definition) is 2. The van der Waals surface area contributed by atoms with Crippen LogP contribution in [-0.2, 0) is 7.05 Å². The zero-order valence-corrected chi connectivity index (χ0v) is 13.6. The Bertz CT molecular complexity index is 811. The van der Waals surface area contributed by atoms with E-state index in [0.29, 0.717) is 23.4 Å². The first-order valence-electron chi connectivity index (χ1n) is 8.12. The maximum absolute atomic E-state index is 14.1. The number of rotatable bonds is 2. The second-order valence-electron chi connectivity index (χ2n) is 6.79. The molecular formula is C18H20FN3O. The Morgan fingerprint density at radius 2 is 2.09 bits per heavy atom. The Morgan fingerprint density at radius 3 is 2.78 bits per heavy atom. The summed E-state index contributed by atoms with van der Waals surface area (Å²) in [6.07, 6.45) is 2.40. The highest BCUT2D eigenvalue weighted by molar-refractivity contribution is 6.05. The van der Waals surface area contributed by atoms with Gasteiger partial charge in [-0.3, -0.25) is 4.79 Å². The fourth-order valence-electron chi connectivity index (χ4n) is 4.51. The van der Waals surface area contributed by atoms with Gasteiger partial charge in [0.2, 0.25) is 5.95 Å². The summed E-state index contributed by atoms with van der Waals surface area (Å²) in [5.74, 6) is 0.717. The van der Waals surface area contributed by atoms with Gasteiger partial charge in [-0.1, -0.05) is 19.1 Å². The predicted molar refractivity (Wildman–Crippen MR) is 86.2 cm³/mol. The lowest BCUT2D eigenvalue weighted by atomic mass is 9.90. The maximum Gasteiger partial charge on any atom is 0.262 e. The van der Waals surface area contributed by atoms with Gasteiger partial charge in [0.1, 0.15) is 5.56 Å². The van der Waals surface area contributed by atoms with Crippen LogP contribution in [0.1, 0.15) is 58.8 Å². The summed E-state index contributed by atoms with van der Waals surface area (Å²) in [4.78, 5) is 12.6. The molecule has 4 nitrogen and oxygen atoms in total. The highest BCUT2D eigenvalue weighted by atomic mass is 19.1. The molecule has 5 heteroatoms. The topological polar surface area (TPSA) is 46.9 Å². The molecule has 2 aliphatic rings. The molecule has 0 aliphatic heterocycles. The van der Waals surface area contributed by atoms with Crippen molar-refractivity contribution in [2.75, 3.05) is 5.32 Å². The Kier molecular flexibility index (Phi) is 3.08. The molecule has 1 fully saturated rings. The molecule has 3 unspecified atom stereocenters. The minimum Gasteiger partial charge on any atom is -0.322 e. The lowest BCUT2D eigenvalue weighted by Crippen LogP contribution is -2.16. The zero-order chi connectivity index (χ0) is 16.3. The SMILES string of the molecule is Cc1nn(C)c(F)c1C(=O)Nc1cccc2c1C1CCC2C1C. The number of carbonyl (C=O) groups excluding carboxylic acids is 1. The molecule has 1 heterocycles. The molecule has 1 aromatic carbocycles. The number of hydrogen-bond donors (Lipinski definition) is 1. The standard InChI is InChI=1S/C18H20FN3O/c1-9-11-7-8-12(9)16-13(11)5-4-6-14(16)20-18(23)15-10(2)21-22(3)17(15)19/h4-6,9,11-12H,7-8H2,1-3H3,(H,20,23). The normalized spacial score (nSPS) is 24.8. The molecule has 2 aromatic rings. The minimum atomic E-state index is -0.595. The average molecular weight is 313 g/mol. The van der Waals surface area contributed by atoms with Crippen LogP contribution in [0.5, 0.6) is 0 Å². The van der Waals surface area contributed by atoms with Crippen LogP contribution in [0, 0.1) is 18.8 Å². The van der Waals surface area contributed by atoms with E-state index in [4.69, 9.17) is 0 Å². The van der Waals surface area contributed by atoms with Crippen molar-refractivity contribution in [3.05, 3.63) is 46.5 Å². The van der Waals surface area contributed by atoms with Crippen LogP contribution in [0.2, 0.25) is 0 Å². The van der Waals surface area contributed by atoms with Crippen LogP contribution < -0.4 is 5.32 Å². The number of carbonyl (C=O) groups is 1. The fraction of sp³-hybridized carbons (Fsp3) is 0.444. The van der Waals surface area contributed by atoms with E-state index in [1.807, 2.05) is 12.1 Å². The number of aryl methyl sites for hydroxylation is 2. The summed E-state index contributed by atoms with van der Waals surface area (Å²) in [7, 11) is 1.50. The van der Waals surface area contributed by atoms with Gasteiger partial charge in [0.05, 0.1) is 5.69 Å². The van der Waals surface area contributed by atoms with Gasteiger partial charge in [-0.05, 0) is 54.7 Å². The van der Waals surface area contributed by atoms with Crippen LogP contribution in [0.25, 0.3) is 0 Å². The van der Waals surface area contributed by atoms with Crippen LogP contribution in [0.15, 0.2) is 18.2 Å². The lowest BCUT2D eigenvalue weighted by Gasteiger charge is -2.19. The van der Waals surface area contributed by atoms with Crippen molar-refractivity contribution in [3.63, 3.8) is 0 Å². The Hall–Kier alpha value is -2.17. The number of anilines is 1. The number of fused-ring (bicyclic) bond motifs is 5. The number of nitrogens with one attached hydrogen (secondary N) is 1. The third-order valence-electron chi connectivity index (χ3n) is 5.60. The molecule has 2 aliphatic carbocycles. The van der Waals surface area contributed by atoms with Crippen molar-refractivity contribution in [3.8, 4) is 0 Å². The first-order chi connectivity index (χ1) is 11.0. The van der Waals surface area contributed by atoms with Crippen LogP contribution in [-0.4, -0.2) is 15.7 Å². The fourth-order valence-corrected chi connectivity index (χ4v) is 4.51. The summed E-state index contributed by atoms with van der Waals surface area (Å²) < 4.78 is 15.2. The first kappa shape index (κ1) is 14.4. The van der Waals surface area contributed by atoms with Gasteiger partial charge in [-0.25, -0.2) is 4.68 Å². The second kappa shape index (κ2) is 4.91. The number of nitrogens with zero attached hydrogens (tertiary/aromatic N) is 2. The van der Waals surface area contributed by atoms with Crippen molar-refractivity contribution >= 4 is 11.6 Å². The highest BCUT2D eigenvalue weighted by Crippen LogP contribution is 2.58. The Labute approximate surface area is 134 Å². The number of aromatic nitrogens is 2. The number of halogens is 1. The first-order valence-corrected chi connectivity index (χ1v) is 8.12. The molecule has 1 saturated carbocycles. The van der Waals surface area contributed by atoms with Crippen LogP contribution in [0.4, 0.5) is 10.1 Å². The van der Waals surface area contributed by atoms with E-state index in [2.05, 4.69) is 23.4 Å². The molecule has 1 amide bonds. The molecule has 3 atom stereocenters. The monoisotopic (exact) mass is 313 g/mol. The van der Waals surface area contributed by atoms with Crippen molar-refractivity contribution in [2.24, 2.45) is 13.0 Å². The summed E-state index contributed by atoms with van der Waals surface area (Å²) in [6, 6.07) is 6.07. The smallest absolute Gasteiger partial charge is 0.262 e. The molecule has 120 valence electrons. The van der Waals surface area contributed by atoms with Gasteiger partial charge < -0.3 is 5.32 Å².